The quantitative estimate of drug-likeness (QED) is 0.704. The van der Waals surface area contributed by atoms with Crippen LogP contribution in [0, 0.1) is 0 Å². The molecule has 0 saturated carbocycles. The number of fused-ring (bicyclic) bond motifs is 1. The molecule has 0 spiro atoms. The van der Waals surface area contributed by atoms with Crippen LogP contribution in [-0.4, -0.2) is 27.5 Å². The number of aliphatic hydroxyl groups excluding tert-OH is 1. The summed E-state index contributed by atoms with van der Waals surface area (Å²) in [6.07, 6.45) is 4.30. The van der Waals surface area contributed by atoms with Gasteiger partial charge in [-0.3, -0.25) is 4.68 Å². The van der Waals surface area contributed by atoms with E-state index in [2.05, 4.69) is 35.5 Å². The summed E-state index contributed by atoms with van der Waals surface area (Å²) in [5.41, 5.74) is 0. The van der Waals surface area contributed by atoms with Crippen molar-refractivity contribution in [3.63, 3.8) is 0 Å². The van der Waals surface area contributed by atoms with Crippen molar-refractivity contribution in [1.82, 2.24) is 15.1 Å². The molecule has 2 atom stereocenters. The normalized spacial score (nSPS) is 14.3. The van der Waals surface area contributed by atoms with E-state index < -0.39 is 6.10 Å². The fraction of sp³-hybridized carbons (Fsp3) is 0.353. The number of aryl methyl sites for hydroxylation is 1. The summed E-state index contributed by atoms with van der Waals surface area (Å²) in [6, 6.07) is 12.6. The van der Waals surface area contributed by atoms with Crippen LogP contribution in [0.5, 0.6) is 0 Å². The molecule has 2 unspecified atom stereocenters. The molecule has 0 aliphatic carbocycles. The second kappa shape index (κ2) is 7.05. The highest BCUT2D eigenvalue weighted by Gasteiger charge is 2.12. The van der Waals surface area contributed by atoms with Crippen LogP contribution in [0.3, 0.4) is 0 Å². The molecule has 3 aromatic rings. The Labute approximate surface area is 134 Å². The smallest absolute Gasteiger partial charge is 0.101 e. The summed E-state index contributed by atoms with van der Waals surface area (Å²) >= 11 is 1.66. The van der Waals surface area contributed by atoms with Crippen molar-refractivity contribution in [2.24, 2.45) is 0 Å². The molecule has 1 aromatic carbocycles. The molecule has 2 N–H and O–H groups in total. The monoisotopic (exact) mass is 315 g/mol. The van der Waals surface area contributed by atoms with Gasteiger partial charge in [0.2, 0.25) is 0 Å². The lowest BCUT2D eigenvalue weighted by molar-refractivity contribution is 0.173. The second-order valence-corrected chi connectivity index (χ2v) is 6.68. The molecular weight excluding hydrogens is 294 g/mol. The molecule has 3 rings (SSSR count). The predicted molar refractivity (Wildman–Crippen MR) is 91.1 cm³/mol. The first kappa shape index (κ1) is 15.2. The van der Waals surface area contributed by atoms with Gasteiger partial charge >= 0.3 is 0 Å². The summed E-state index contributed by atoms with van der Waals surface area (Å²) in [4.78, 5) is 1.02. The summed E-state index contributed by atoms with van der Waals surface area (Å²) in [5.74, 6) is 0. The molecule has 0 fully saturated rings. The molecule has 0 amide bonds. The topological polar surface area (TPSA) is 50.1 Å². The maximum atomic E-state index is 10.4. The number of thiophene rings is 1. The largest absolute Gasteiger partial charge is 0.386 e. The lowest BCUT2D eigenvalue weighted by atomic mass is 10.2. The van der Waals surface area contributed by atoms with Crippen molar-refractivity contribution in [2.75, 3.05) is 6.54 Å². The Kier molecular flexibility index (Phi) is 4.87. The Bertz CT molecular complexity index is 675. The molecule has 2 aromatic heterocycles. The molecule has 2 heterocycles. The van der Waals surface area contributed by atoms with Gasteiger partial charge in [-0.05, 0) is 36.9 Å². The first-order chi connectivity index (χ1) is 10.7. The Morgan fingerprint density at radius 1 is 1.32 bits per heavy atom. The third kappa shape index (κ3) is 3.74. The minimum absolute atomic E-state index is 0.341. The number of nitrogens with zero attached hydrogens (tertiary/aromatic N) is 2. The van der Waals surface area contributed by atoms with Gasteiger partial charge in [0.25, 0.3) is 0 Å². The van der Waals surface area contributed by atoms with Gasteiger partial charge in [0, 0.05) is 41.1 Å². The van der Waals surface area contributed by atoms with E-state index in [0.717, 1.165) is 17.8 Å². The zero-order chi connectivity index (χ0) is 15.4. The number of aliphatic hydroxyl groups is 1. The van der Waals surface area contributed by atoms with Crippen molar-refractivity contribution in [3.05, 3.63) is 53.7 Å². The molecule has 0 radical (unpaired) electrons. The Morgan fingerprint density at radius 3 is 2.95 bits per heavy atom. The minimum Gasteiger partial charge on any atom is -0.386 e. The molecule has 0 saturated heterocycles. The van der Waals surface area contributed by atoms with E-state index in [9.17, 15) is 5.11 Å². The van der Waals surface area contributed by atoms with Gasteiger partial charge in [0.05, 0.1) is 0 Å². The molecule has 0 aliphatic rings. The summed E-state index contributed by atoms with van der Waals surface area (Å²) < 4.78 is 3.16. The second-order valence-electron chi connectivity index (χ2n) is 5.57. The molecular formula is C17H21N3OS. The Balaban J connectivity index is 1.49. The number of aromatic nitrogens is 2. The van der Waals surface area contributed by atoms with Crippen LogP contribution in [0.4, 0.5) is 0 Å². The van der Waals surface area contributed by atoms with E-state index >= 15 is 0 Å². The molecule has 0 bridgehead atoms. The lowest BCUT2D eigenvalue weighted by Gasteiger charge is -2.16. The van der Waals surface area contributed by atoms with Crippen LogP contribution in [0.1, 0.15) is 24.3 Å². The average Bonchev–Trinajstić information content (AvgIpc) is 3.19. The van der Waals surface area contributed by atoms with Gasteiger partial charge in [-0.2, -0.15) is 5.10 Å². The zero-order valence-corrected chi connectivity index (χ0v) is 13.5. The van der Waals surface area contributed by atoms with Gasteiger partial charge in [-0.25, -0.2) is 0 Å². The van der Waals surface area contributed by atoms with E-state index in [4.69, 9.17) is 0 Å². The third-order valence-corrected chi connectivity index (χ3v) is 5.00. The first-order valence-electron chi connectivity index (χ1n) is 7.60. The zero-order valence-electron chi connectivity index (χ0n) is 12.6. The lowest BCUT2D eigenvalue weighted by Crippen LogP contribution is -2.31. The maximum absolute atomic E-state index is 10.4. The van der Waals surface area contributed by atoms with Crippen molar-refractivity contribution < 1.29 is 5.11 Å². The molecule has 116 valence electrons. The van der Waals surface area contributed by atoms with Gasteiger partial charge in [-0.1, -0.05) is 18.2 Å². The third-order valence-electron chi connectivity index (χ3n) is 3.78. The highest BCUT2D eigenvalue weighted by molar-refractivity contribution is 7.19. The molecule has 4 nitrogen and oxygen atoms in total. The average molecular weight is 315 g/mol. The summed E-state index contributed by atoms with van der Waals surface area (Å²) in [6.45, 7) is 3.61. The minimum atomic E-state index is -0.454. The fourth-order valence-corrected chi connectivity index (χ4v) is 3.49. The van der Waals surface area contributed by atoms with Crippen LogP contribution < -0.4 is 5.32 Å². The number of hydrogen-bond acceptors (Lipinski definition) is 4. The first-order valence-corrected chi connectivity index (χ1v) is 8.41. The molecule has 22 heavy (non-hydrogen) atoms. The van der Waals surface area contributed by atoms with Crippen molar-refractivity contribution in [1.29, 1.82) is 0 Å². The number of nitrogens with one attached hydrogen (secondary N) is 1. The van der Waals surface area contributed by atoms with Crippen LogP contribution in [0.25, 0.3) is 10.1 Å². The summed E-state index contributed by atoms with van der Waals surface area (Å²) in [7, 11) is 0. The van der Waals surface area contributed by atoms with E-state index in [-0.39, 0.29) is 0 Å². The van der Waals surface area contributed by atoms with Crippen molar-refractivity contribution in [3.8, 4) is 0 Å². The van der Waals surface area contributed by atoms with E-state index in [0.29, 0.717) is 12.6 Å². The number of hydrogen-bond donors (Lipinski definition) is 2. The fourth-order valence-electron chi connectivity index (χ4n) is 2.44. The van der Waals surface area contributed by atoms with Gasteiger partial charge < -0.3 is 10.4 Å². The van der Waals surface area contributed by atoms with Crippen LogP contribution >= 0.6 is 11.3 Å². The van der Waals surface area contributed by atoms with Crippen molar-refractivity contribution >= 4 is 21.4 Å². The molecule has 0 aliphatic heterocycles. The van der Waals surface area contributed by atoms with Crippen molar-refractivity contribution in [2.45, 2.75) is 32.0 Å². The Hall–Kier alpha value is -1.69. The maximum Gasteiger partial charge on any atom is 0.101 e. The van der Waals surface area contributed by atoms with E-state index in [1.54, 1.807) is 17.5 Å². The molecule has 5 heteroatoms. The van der Waals surface area contributed by atoms with Gasteiger partial charge in [0.15, 0.2) is 0 Å². The Morgan fingerprint density at radius 2 is 2.18 bits per heavy atom. The van der Waals surface area contributed by atoms with E-state index in [1.807, 2.05) is 29.1 Å². The van der Waals surface area contributed by atoms with Crippen LogP contribution in [0.2, 0.25) is 0 Å². The highest BCUT2D eigenvalue weighted by atomic mass is 32.1. The van der Waals surface area contributed by atoms with Gasteiger partial charge in [-0.15, -0.1) is 11.3 Å². The standard InChI is InChI=1S/C17H21N3OS/c1-13(7-10-20-9-4-8-19-20)18-12-15(21)17-11-14-5-2-3-6-16(14)22-17/h2-6,8-9,11,13,15,18,21H,7,10,12H2,1H3. The summed E-state index contributed by atoms with van der Waals surface area (Å²) in [5, 5.41) is 19.2. The number of rotatable bonds is 7. The highest BCUT2D eigenvalue weighted by Crippen LogP contribution is 2.29. The number of benzene rings is 1. The van der Waals surface area contributed by atoms with E-state index in [1.165, 1.54) is 10.1 Å². The van der Waals surface area contributed by atoms with Gasteiger partial charge in [0.1, 0.15) is 6.10 Å². The van der Waals surface area contributed by atoms with Crippen LogP contribution in [-0.2, 0) is 6.54 Å². The van der Waals surface area contributed by atoms with Crippen LogP contribution in [0.15, 0.2) is 48.8 Å². The predicted octanol–water partition coefficient (Wildman–Crippen LogP) is 3.20. The SMILES string of the molecule is CC(CCn1cccn1)NCC(O)c1cc2ccccc2s1.